The molecular formula is C4H7O5P. The van der Waals surface area contributed by atoms with Crippen molar-refractivity contribution in [3.05, 3.63) is 0 Å². The molecule has 6 heteroatoms. The van der Waals surface area contributed by atoms with Gasteiger partial charge in [-0.1, -0.05) is 0 Å². The first-order valence-electron chi connectivity index (χ1n) is 2.71. The van der Waals surface area contributed by atoms with Gasteiger partial charge in [0.25, 0.3) is 0 Å². The van der Waals surface area contributed by atoms with Gasteiger partial charge in [-0.3, -0.25) is 9.36 Å². The van der Waals surface area contributed by atoms with E-state index < -0.39 is 19.7 Å². The lowest BCUT2D eigenvalue weighted by molar-refractivity contribution is -0.167. The molecule has 1 fully saturated rings. The number of esters is 1. The van der Waals surface area contributed by atoms with Gasteiger partial charge in [0.05, 0.1) is 12.6 Å². The summed E-state index contributed by atoms with van der Waals surface area (Å²) in [4.78, 5) is 26.8. The van der Waals surface area contributed by atoms with E-state index >= 15 is 0 Å². The maximum Gasteiger partial charge on any atom is 0.329 e. The molecule has 2 N–H and O–H groups in total. The zero-order valence-electron chi connectivity index (χ0n) is 5.06. The van der Waals surface area contributed by atoms with Gasteiger partial charge < -0.3 is 14.5 Å². The van der Waals surface area contributed by atoms with Gasteiger partial charge in [0, 0.05) is 0 Å². The Morgan fingerprint density at radius 3 is 2.50 bits per heavy atom. The molecule has 0 amide bonds. The number of hydrogen-bond acceptors (Lipinski definition) is 3. The molecule has 1 aliphatic rings. The van der Waals surface area contributed by atoms with Crippen LogP contribution in [0.3, 0.4) is 0 Å². The highest BCUT2D eigenvalue weighted by Crippen LogP contribution is 2.38. The molecule has 58 valence electrons. The Labute approximate surface area is 57.2 Å². The molecule has 1 atom stereocenters. The fraction of sp³-hybridized carbons (Fsp3) is 0.750. The number of carbonyl (C=O) groups excluding carboxylic acids is 1. The van der Waals surface area contributed by atoms with Gasteiger partial charge in [0.2, 0.25) is 0 Å². The molecule has 0 spiro atoms. The van der Waals surface area contributed by atoms with Gasteiger partial charge in [-0.25, -0.2) is 0 Å². The predicted molar refractivity (Wildman–Crippen MR) is 31.4 cm³/mol. The summed E-state index contributed by atoms with van der Waals surface area (Å²) in [5.74, 6) is -0.390. The topological polar surface area (TPSA) is 83.8 Å². The molecule has 1 rings (SSSR count). The number of rotatable bonds is 2. The molecule has 0 saturated carbocycles. The van der Waals surface area contributed by atoms with Crippen LogP contribution < -0.4 is 0 Å². The minimum Gasteiger partial charge on any atom is -0.461 e. The van der Waals surface area contributed by atoms with Gasteiger partial charge >= 0.3 is 13.6 Å². The predicted octanol–water partition coefficient (Wildman–Crippen LogP) is -0.520. The monoisotopic (exact) mass is 166 g/mol. The summed E-state index contributed by atoms with van der Waals surface area (Å²) in [5.41, 5.74) is 0. The molecular weight excluding hydrogens is 159 g/mol. The standard InChI is InChI=1S/C4H7O5P/c5-4-1-3(9-4)2-10(6,7)8/h3H,1-2H2,(H2,6,7,8). The Morgan fingerprint density at radius 1 is 1.70 bits per heavy atom. The Bertz CT molecular complexity index is 186. The van der Waals surface area contributed by atoms with Crippen LogP contribution in [0.4, 0.5) is 0 Å². The van der Waals surface area contributed by atoms with E-state index in [1.165, 1.54) is 0 Å². The van der Waals surface area contributed by atoms with Crippen molar-refractivity contribution in [2.24, 2.45) is 0 Å². The van der Waals surface area contributed by atoms with Gasteiger partial charge in [0.15, 0.2) is 0 Å². The van der Waals surface area contributed by atoms with Crippen molar-refractivity contribution in [3.63, 3.8) is 0 Å². The van der Waals surface area contributed by atoms with E-state index in [0.29, 0.717) is 0 Å². The molecule has 1 heterocycles. The van der Waals surface area contributed by atoms with Crippen molar-refractivity contribution in [1.82, 2.24) is 0 Å². The van der Waals surface area contributed by atoms with E-state index in [9.17, 15) is 9.36 Å². The lowest BCUT2D eigenvalue weighted by Gasteiger charge is -2.25. The molecule has 5 nitrogen and oxygen atoms in total. The lowest BCUT2D eigenvalue weighted by Crippen LogP contribution is -2.35. The van der Waals surface area contributed by atoms with Gasteiger partial charge in [0.1, 0.15) is 6.10 Å². The molecule has 1 unspecified atom stereocenters. The van der Waals surface area contributed by atoms with Crippen LogP contribution in [0, 0.1) is 0 Å². The molecule has 1 aliphatic heterocycles. The Hall–Kier alpha value is -0.380. The molecule has 0 bridgehead atoms. The summed E-state index contributed by atoms with van der Waals surface area (Å²) in [6.45, 7) is 0. The van der Waals surface area contributed by atoms with Crippen LogP contribution >= 0.6 is 7.60 Å². The largest absolute Gasteiger partial charge is 0.461 e. The van der Waals surface area contributed by atoms with E-state index in [-0.39, 0.29) is 12.6 Å². The summed E-state index contributed by atoms with van der Waals surface area (Å²) >= 11 is 0. The number of cyclic esters (lactones) is 1. The van der Waals surface area contributed by atoms with Crippen LogP contribution in [-0.2, 0) is 14.1 Å². The highest BCUT2D eigenvalue weighted by molar-refractivity contribution is 7.51. The first-order valence-corrected chi connectivity index (χ1v) is 4.51. The van der Waals surface area contributed by atoms with E-state index in [0.717, 1.165) is 0 Å². The second-order valence-corrected chi connectivity index (χ2v) is 3.86. The lowest BCUT2D eigenvalue weighted by atomic mass is 10.2. The average Bonchev–Trinajstić information content (AvgIpc) is 1.57. The number of hydrogen-bond donors (Lipinski definition) is 2. The smallest absolute Gasteiger partial charge is 0.329 e. The fourth-order valence-electron chi connectivity index (χ4n) is 0.729. The zero-order chi connectivity index (χ0) is 7.78. The van der Waals surface area contributed by atoms with Crippen molar-refractivity contribution < 1.29 is 23.9 Å². The summed E-state index contributed by atoms with van der Waals surface area (Å²) in [6.07, 6.45) is -0.780. The Morgan fingerprint density at radius 2 is 2.20 bits per heavy atom. The maximum absolute atomic E-state index is 10.2. The van der Waals surface area contributed by atoms with Crippen LogP contribution in [-0.4, -0.2) is 28.0 Å². The van der Waals surface area contributed by atoms with Crippen LogP contribution in [0.1, 0.15) is 6.42 Å². The molecule has 10 heavy (non-hydrogen) atoms. The summed E-state index contributed by atoms with van der Waals surface area (Å²) in [7, 11) is -3.99. The van der Waals surface area contributed by atoms with Crippen molar-refractivity contribution in [2.75, 3.05) is 6.16 Å². The third kappa shape index (κ3) is 2.10. The van der Waals surface area contributed by atoms with Gasteiger partial charge in [-0.15, -0.1) is 0 Å². The summed E-state index contributed by atoms with van der Waals surface area (Å²) < 4.78 is 14.6. The van der Waals surface area contributed by atoms with Crippen LogP contribution in [0.25, 0.3) is 0 Å². The molecule has 0 aliphatic carbocycles. The van der Waals surface area contributed by atoms with E-state index in [4.69, 9.17) is 9.79 Å². The van der Waals surface area contributed by atoms with Gasteiger partial charge in [-0.05, 0) is 0 Å². The Balaban J connectivity index is 2.29. The fourth-order valence-corrected chi connectivity index (χ4v) is 1.46. The van der Waals surface area contributed by atoms with Crippen LogP contribution in [0.5, 0.6) is 0 Å². The van der Waals surface area contributed by atoms with Crippen molar-refractivity contribution in [2.45, 2.75) is 12.5 Å². The SMILES string of the molecule is O=C1CC(CP(=O)(O)O)O1. The third-order valence-corrected chi connectivity index (χ3v) is 2.02. The second kappa shape index (κ2) is 2.34. The first-order chi connectivity index (χ1) is 4.47. The minimum absolute atomic E-state index is 0.130. The minimum atomic E-state index is -3.99. The van der Waals surface area contributed by atoms with E-state index in [1.54, 1.807) is 0 Å². The zero-order valence-corrected chi connectivity index (χ0v) is 5.95. The number of carbonyl (C=O) groups is 1. The molecule has 0 aromatic heterocycles. The molecule has 0 aromatic rings. The Kier molecular flexibility index (Phi) is 1.81. The number of ether oxygens (including phenoxy) is 1. The van der Waals surface area contributed by atoms with Crippen LogP contribution in [0.2, 0.25) is 0 Å². The van der Waals surface area contributed by atoms with Crippen LogP contribution in [0.15, 0.2) is 0 Å². The first kappa shape index (κ1) is 7.72. The third-order valence-electron chi connectivity index (χ3n) is 1.13. The summed E-state index contributed by atoms with van der Waals surface area (Å²) in [6, 6.07) is 0. The molecule has 1 saturated heterocycles. The van der Waals surface area contributed by atoms with Crippen molar-refractivity contribution in [1.29, 1.82) is 0 Å². The quantitative estimate of drug-likeness (QED) is 0.426. The van der Waals surface area contributed by atoms with E-state index in [1.807, 2.05) is 0 Å². The highest BCUT2D eigenvalue weighted by atomic mass is 31.2. The van der Waals surface area contributed by atoms with Gasteiger partial charge in [-0.2, -0.15) is 0 Å². The molecule has 0 radical (unpaired) electrons. The molecule has 0 aromatic carbocycles. The second-order valence-electron chi connectivity index (χ2n) is 2.16. The van der Waals surface area contributed by atoms with E-state index in [2.05, 4.69) is 4.74 Å². The van der Waals surface area contributed by atoms with Crippen molar-refractivity contribution >= 4 is 13.6 Å². The average molecular weight is 166 g/mol. The normalized spacial score (nSPS) is 25.4. The summed E-state index contributed by atoms with van der Waals surface area (Å²) in [5, 5.41) is 0. The maximum atomic E-state index is 10.2. The highest BCUT2D eigenvalue weighted by Gasteiger charge is 2.33. The van der Waals surface area contributed by atoms with Crippen molar-refractivity contribution in [3.8, 4) is 0 Å².